The Balaban J connectivity index is 2.51. The van der Waals surface area contributed by atoms with E-state index in [1.165, 1.54) is 36.8 Å². The lowest BCUT2D eigenvalue weighted by molar-refractivity contribution is 0.222. The number of benzene rings is 1. The molecule has 1 aromatic carbocycles. The number of hydrogen-bond donors (Lipinski definition) is 1. The lowest BCUT2D eigenvalue weighted by atomic mass is 9.76. The van der Waals surface area contributed by atoms with Crippen LogP contribution in [0.2, 0.25) is 0 Å². The molecule has 0 saturated carbocycles. The minimum Gasteiger partial charge on any atom is -0.496 e. The van der Waals surface area contributed by atoms with E-state index in [4.69, 9.17) is 4.74 Å². The van der Waals surface area contributed by atoms with Crippen LogP contribution in [0, 0.1) is 12.8 Å². The second kappa shape index (κ2) is 5.96. The van der Waals surface area contributed by atoms with E-state index in [9.17, 15) is 0 Å². The van der Waals surface area contributed by atoms with Gasteiger partial charge in [-0.3, -0.25) is 0 Å². The molecule has 1 aromatic rings. The van der Waals surface area contributed by atoms with Gasteiger partial charge in [-0.2, -0.15) is 0 Å². The van der Waals surface area contributed by atoms with Gasteiger partial charge in [0, 0.05) is 11.1 Å². The van der Waals surface area contributed by atoms with Gasteiger partial charge in [-0.15, -0.1) is 0 Å². The Morgan fingerprint density at radius 2 is 2.00 bits per heavy atom. The number of aryl methyl sites for hydroxylation is 1. The van der Waals surface area contributed by atoms with Gasteiger partial charge >= 0.3 is 0 Å². The fourth-order valence-corrected chi connectivity index (χ4v) is 3.31. The molecule has 19 heavy (non-hydrogen) atoms. The van der Waals surface area contributed by atoms with Crippen LogP contribution < -0.4 is 10.1 Å². The first-order chi connectivity index (χ1) is 9.10. The van der Waals surface area contributed by atoms with Crippen LogP contribution in [0.5, 0.6) is 5.75 Å². The van der Waals surface area contributed by atoms with Gasteiger partial charge in [-0.1, -0.05) is 44.4 Å². The predicted molar refractivity (Wildman–Crippen MR) is 80.7 cm³/mol. The SMILES string of the molecule is COc1ccc(C)cc1C1(C(C)C)CCCCCN1. The van der Waals surface area contributed by atoms with Crippen molar-refractivity contribution in [1.29, 1.82) is 0 Å². The fourth-order valence-electron chi connectivity index (χ4n) is 3.31. The number of nitrogens with one attached hydrogen (secondary N) is 1. The summed E-state index contributed by atoms with van der Waals surface area (Å²) < 4.78 is 5.63. The van der Waals surface area contributed by atoms with Gasteiger partial charge in [-0.25, -0.2) is 0 Å². The van der Waals surface area contributed by atoms with E-state index in [0.717, 1.165) is 12.3 Å². The summed E-state index contributed by atoms with van der Waals surface area (Å²) in [4.78, 5) is 0. The molecular weight excluding hydrogens is 234 g/mol. The third-order valence-electron chi connectivity index (χ3n) is 4.51. The molecule has 0 spiro atoms. The third-order valence-corrected chi connectivity index (χ3v) is 4.51. The van der Waals surface area contributed by atoms with Crippen molar-refractivity contribution < 1.29 is 4.74 Å². The number of ether oxygens (including phenoxy) is 1. The van der Waals surface area contributed by atoms with Crippen LogP contribution in [0.1, 0.15) is 50.7 Å². The fraction of sp³-hybridized carbons (Fsp3) is 0.647. The predicted octanol–water partition coefficient (Wildman–Crippen LogP) is 4.02. The van der Waals surface area contributed by atoms with Crippen molar-refractivity contribution in [3.63, 3.8) is 0 Å². The Labute approximate surface area is 117 Å². The zero-order valence-corrected chi connectivity index (χ0v) is 12.8. The molecule has 106 valence electrons. The van der Waals surface area contributed by atoms with E-state index in [1.54, 1.807) is 7.11 Å². The molecule has 0 aliphatic carbocycles. The van der Waals surface area contributed by atoms with Gasteiger partial charge in [-0.05, 0) is 38.3 Å². The van der Waals surface area contributed by atoms with Crippen LogP contribution in [0.3, 0.4) is 0 Å². The molecule has 1 heterocycles. The molecule has 0 radical (unpaired) electrons. The molecule has 1 saturated heterocycles. The van der Waals surface area contributed by atoms with Gasteiger partial charge in [0.15, 0.2) is 0 Å². The van der Waals surface area contributed by atoms with Crippen molar-refractivity contribution in [2.45, 2.75) is 52.0 Å². The highest BCUT2D eigenvalue weighted by Gasteiger charge is 2.37. The van der Waals surface area contributed by atoms with Crippen molar-refractivity contribution in [1.82, 2.24) is 5.32 Å². The van der Waals surface area contributed by atoms with Crippen molar-refractivity contribution >= 4 is 0 Å². The zero-order valence-electron chi connectivity index (χ0n) is 12.8. The van der Waals surface area contributed by atoms with Crippen LogP contribution >= 0.6 is 0 Å². The van der Waals surface area contributed by atoms with Gasteiger partial charge in [0.2, 0.25) is 0 Å². The lowest BCUT2D eigenvalue weighted by Gasteiger charge is -2.39. The number of rotatable bonds is 3. The van der Waals surface area contributed by atoms with Crippen molar-refractivity contribution in [2.75, 3.05) is 13.7 Å². The quantitative estimate of drug-likeness (QED) is 0.887. The molecule has 1 aliphatic rings. The van der Waals surface area contributed by atoms with E-state index >= 15 is 0 Å². The van der Waals surface area contributed by atoms with Crippen molar-refractivity contribution in [2.24, 2.45) is 5.92 Å². The molecule has 1 fully saturated rings. The van der Waals surface area contributed by atoms with Gasteiger partial charge < -0.3 is 10.1 Å². The average molecular weight is 261 g/mol. The molecule has 2 heteroatoms. The first kappa shape index (κ1) is 14.4. The third kappa shape index (κ3) is 2.79. The second-order valence-electron chi connectivity index (χ2n) is 6.07. The molecule has 1 atom stereocenters. The monoisotopic (exact) mass is 261 g/mol. The Hall–Kier alpha value is -1.02. The standard InChI is InChI=1S/C17H27NO/c1-13(2)17(10-6-5-7-11-18-17)15-12-14(3)8-9-16(15)19-4/h8-9,12-13,18H,5-7,10-11H2,1-4H3. The Morgan fingerprint density at radius 1 is 1.21 bits per heavy atom. The summed E-state index contributed by atoms with van der Waals surface area (Å²) in [7, 11) is 1.78. The normalized spacial score (nSPS) is 24.3. The van der Waals surface area contributed by atoms with Gasteiger partial charge in [0.25, 0.3) is 0 Å². The topological polar surface area (TPSA) is 21.3 Å². The van der Waals surface area contributed by atoms with Crippen LogP contribution in [0.15, 0.2) is 18.2 Å². The van der Waals surface area contributed by atoms with E-state index in [-0.39, 0.29) is 5.54 Å². The smallest absolute Gasteiger partial charge is 0.123 e. The van der Waals surface area contributed by atoms with Gasteiger partial charge in [0.05, 0.1) is 7.11 Å². The molecule has 2 nitrogen and oxygen atoms in total. The minimum absolute atomic E-state index is 0.0634. The number of hydrogen-bond acceptors (Lipinski definition) is 2. The summed E-state index contributed by atoms with van der Waals surface area (Å²) in [6.07, 6.45) is 5.10. The summed E-state index contributed by atoms with van der Waals surface area (Å²) in [5, 5.41) is 3.83. The molecule has 1 N–H and O–H groups in total. The van der Waals surface area contributed by atoms with E-state index in [0.29, 0.717) is 5.92 Å². The van der Waals surface area contributed by atoms with Crippen molar-refractivity contribution in [3.8, 4) is 5.75 Å². The minimum atomic E-state index is 0.0634. The van der Waals surface area contributed by atoms with Crippen LogP contribution in [0.4, 0.5) is 0 Å². The maximum atomic E-state index is 5.63. The highest BCUT2D eigenvalue weighted by Crippen LogP contribution is 2.41. The van der Waals surface area contributed by atoms with E-state index < -0.39 is 0 Å². The summed E-state index contributed by atoms with van der Waals surface area (Å²) in [6.45, 7) is 7.91. The molecule has 2 rings (SSSR count). The summed E-state index contributed by atoms with van der Waals surface area (Å²) in [6, 6.07) is 6.55. The molecule has 0 bridgehead atoms. The summed E-state index contributed by atoms with van der Waals surface area (Å²) >= 11 is 0. The zero-order chi connectivity index (χ0) is 13.9. The highest BCUT2D eigenvalue weighted by atomic mass is 16.5. The maximum Gasteiger partial charge on any atom is 0.123 e. The summed E-state index contributed by atoms with van der Waals surface area (Å²) in [5.74, 6) is 1.58. The molecule has 0 amide bonds. The molecule has 1 unspecified atom stereocenters. The first-order valence-electron chi connectivity index (χ1n) is 7.50. The van der Waals surface area contributed by atoms with E-state index in [2.05, 4.69) is 44.3 Å². The summed E-state index contributed by atoms with van der Waals surface area (Å²) in [5.41, 5.74) is 2.71. The Morgan fingerprint density at radius 3 is 2.68 bits per heavy atom. The van der Waals surface area contributed by atoms with Crippen LogP contribution in [-0.2, 0) is 5.54 Å². The molecule has 1 aliphatic heterocycles. The first-order valence-corrected chi connectivity index (χ1v) is 7.50. The van der Waals surface area contributed by atoms with Crippen molar-refractivity contribution in [3.05, 3.63) is 29.3 Å². The van der Waals surface area contributed by atoms with Crippen LogP contribution in [-0.4, -0.2) is 13.7 Å². The Bertz CT molecular complexity index is 417. The van der Waals surface area contributed by atoms with Gasteiger partial charge in [0.1, 0.15) is 5.75 Å². The Kier molecular flexibility index (Phi) is 4.51. The number of methoxy groups -OCH3 is 1. The maximum absolute atomic E-state index is 5.63. The van der Waals surface area contributed by atoms with Crippen LogP contribution in [0.25, 0.3) is 0 Å². The molecular formula is C17H27NO. The highest BCUT2D eigenvalue weighted by molar-refractivity contribution is 5.42. The molecule has 0 aromatic heterocycles. The van der Waals surface area contributed by atoms with E-state index in [1.807, 2.05) is 0 Å². The average Bonchev–Trinajstić information content (AvgIpc) is 2.65. The lowest BCUT2D eigenvalue weighted by Crippen LogP contribution is -2.46. The largest absolute Gasteiger partial charge is 0.496 e. The second-order valence-corrected chi connectivity index (χ2v) is 6.07.